The average molecular weight is 417 g/mol. The van der Waals surface area contributed by atoms with E-state index in [9.17, 15) is 0 Å². The van der Waals surface area contributed by atoms with Crippen LogP contribution in [0.25, 0.3) is 0 Å². The lowest BCUT2D eigenvalue weighted by Gasteiger charge is -2.16. The third-order valence-electron chi connectivity index (χ3n) is 3.16. The first-order chi connectivity index (χ1) is 10.2. The van der Waals surface area contributed by atoms with Gasteiger partial charge in [0, 0.05) is 18.9 Å². The standard InChI is InChI=1S/C15H19Br2N3O/c1-3-13(15-18-5-6-19-15)20-9-10-7-11(16)14(21-4-2)12(17)8-10/h5-8,13,20H,3-4,9H2,1-2H3,(H,18,19). The first kappa shape index (κ1) is 16.5. The summed E-state index contributed by atoms with van der Waals surface area (Å²) in [6, 6.07) is 4.39. The van der Waals surface area contributed by atoms with Crippen molar-refractivity contribution in [3.63, 3.8) is 0 Å². The molecule has 114 valence electrons. The summed E-state index contributed by atoms with van der Waals surface area (Å²) in [4.78, 5) is 7.48. The van der Waals surface area contributed by atoms with Gasteiger partial charge in [-0.3, -0.25) is 0 Å². The van der Waals surface area contributed by atoms with Crippen molar-refractivity contribution < 1.29 is 4.74 Å². The first-order valence-corrected chi connectivity index (χ1v) is 8.57. The van der Waals surface area contributed by atoms with Crippen molar-refractivity contribution in [1.29, 1.82) is 0 Å². The molecule has 1 heterocycles. The largest absolute Gasteiger partial charge is 0.492 e. The van der Waals surface area contributed by atoms with Gasteiger partial charge in [-0.1, -0.05) is 6.92 Å². The van der Waals surface area contributed by atoms with Crippen LogP contribution in [0, 0.1) is 0 Å². The van der Waals surface area contributed by atoms with E-state index in [4.69, 9.17) is 4.74 Å². The molecule has 1 aromatic carbocycles. The molecule has 0 bridgehead atoms. The van der Waals surface area contributed by atoms with Gasteiger partial charge in [0.1, 0.15) is 11.6 Å². The Bertz CT molecular complexity index is 549. The number of H-pyrrole nitrogens is 1. The van der Waals surface area contributed by atoms with Crippen LogP contribution in [0.15, 0.2) is 33.5 Å². The minimum Gasteiger partial charge on any atom is -0.492 e. The molecule has 0 aliphatic heterocycles. The molecule has 0 spiro atoms. The Morgan fingerprint density at radius 3 is 2.52 bits per heavy atom. The van der Waals surface area contributed by atoms with Crippen LogP contribution in [-0.4, -0.2) is 16.6 Å². The summed E-state index contributed by atoms with van der Waals surface area (Å²) in [7, 11) is 0. The molecule has 2 N–H and O–H groups in total. The van der Waals surface area contributed by atoms with Crippen molar-refractivity contribution in [3.8, 4) is 5.75 Å². The summed E-state index contributed by atoms with van der Waals surface area (Å²) in [5.74, 6) is 1.82. The topological polar surface area (TPSA) is 49.9 Å². The molecular formula is C15H19Br2N3O. The van der Waals surface area contributed by atoms with Crippen molar-refractivity contribution >= 4 is 31.9 Å². The highest BCUT2D eigenvalue weighted by Gasteiger charge is 2.13. The number of hydrogen-bond acceptors (Lipinski definition) is 3. The quantitative estimate of drug-likeness (QED) is 0.694. The molecule has 6 heteroatoms. The van der Waals surface area contributed by atoms with E-state index in [-0.39, 0.29) is 6.04 Å². The van der Waals surface area contributed by atoms with Crippen molar-refractivity contribution in [2.24, 2.45) is 0 Å². The molecule has 0 fully saturated rings. The summed E-state index contributed by atoms with van der Waals surface area (Å²) in [6.07, 6.45) is 4.61. The maximum absolute atomic E-state index is 5.60. The molecule has 0 aliphatic rings. The lowest BCUT2D eigenvalue weighted by Crippen LogP contribution is -2.21. The van der Waals surface area contributed by atoms with Crippen molar-refractivity contribution in [2.75, 3.05) is 6.61 Å². The summed E-state index contributed by atoms with van der Waals surface area (Å²) in [5, 5.41) is 3.52. The zero-order valence-corrected chi connectivity index (χ0v) is 15.3. The number of ether oxygens (including phenoxy) is 1. The Labute approximate surface area is 142 Å². The van der Waals surface area contributed by atoms with Crippen LogP contribution < -0.4 is 10.1 Å². The van der Waals surface area contributed by atoms with Crippen molar-refractivity contribution in [2.45, 2.75) is 32.9 Å². The van der Waals surface area contributed by atoms with Gasteiger partial charge in [-0.15, -0.1) is 0 Å². The normalized spacial score (nSPS) is 12.4. The average Bonchev–Trinajstić information content (AvgIpc) is 2.98. The van der Waals surface area contributed by atoms with Crippen molar-refractivity contribution in [1.82, 2.24) is 15.3 Å². The molecule has 1 aromatic heterocycles. The van der Waals surface area contributed by atoms with Gasteiger partial charge in [0.15, 0.2) is 0 Å². The number of halogens is 2. The van der Waals surface area contributed by atoms with Gasteiger partial charge in [0.2, 0.25) is 0 Å². The van der Waals surface area contributed by atoms with E-state index in [2.05, 4.69) is 66.2 Å². The molecule has 0 amide bonds. The SMILES string of the molecule is CCOc1c(Br)cc(CNC(CC)c2ncc[nH]2)cc1Br. The number of rotatable bonds is 7. The second kappa shape index (κ2) is 7.96. The predicted molar refractivity (Wildman–Crippen MR) is 91.5 cm³/mol. The third-order valence-corrected chi connectivity index (χ3v) is 4.34. The number of benzene rings is 1. The summed E-state index contributed by atoms with van der Waals surface area (Å²) >= 11 is 7.12. The molecule has 0 aliphatic carbocycles. The molecule has 21 heavy (non-hydrogen) atoms. The molecule has 1 atom stereocenters. The van der Waals surface area contributed by atoms with E-state index in [0.717, 1.165) is 33.5 Å². The van der Waals surface area contributed by atoms with Crippen LogP contribution >= 0.6 is 31.9 Å². The fourth-order valence-corrected chi connectivity index (χ4v) is 3.65. The fraction of sp³-hybridized carbons (Fsp3) is 0.400. The van der Waals surface area contributed by atoms with Crippen molar-refractivity contribution in [3.05, 3.63) is 44.9 Å². The Morgan fingerprint density at radius 2 is 2.00 bits per heavy atom. The first-order valence-electron chi connectivity index (χ1n) is 6.99. The second-order valence-corrected chi connectivity index (χ2v) is 6.35. The van der Waals surface area contributed by atoms with E-state index in [0.29, 0.717) is 6.61 Å². The Hall–Kier alpha value is -0.850. The second-order valence-electron chi connectivity index (χ2n) is 4.64. The van der Waals surface area contributed by atoms with Gasteiger partial charge in [-0.25, -0.2) is 4.98 Å². The minimum atomic E-state index is 0.226. The van der Waals surface area contributed by atoms with Crippen LogP contribution in [0.4, 0.5) is 0 Å². The van der Waals surface area contributed by atoms with Crippen LogP contribution in [0.3, 0.4) is 0 Å². The van der Waals surface area contributed by atoms with Gasteiger partial charge in [0.25, 0.3) is 0 Å². The fourth-order valence-electron chi connectivity index (χ4n) is 2.14. The molecule has 0 saturated heterocycles. The number of aromatic nitrogens is 2. The highest BCUT2D eigenvalue weighted by Crippen LogP contribution is 2.34. The predicted octanol–water partition coefficient (Wildman–Crippen LogP) is 4.57. The monoisotopic (exact) mass is 415 g/mol. The lowest BCUT2D eigenvalue weighted by atomic mass is 10.1. The lowest BCUT2D eigenvalue weighted by molar-refractivity contribution is 0.336. The minimum absolute atomic E-state index is 0.226. The van der Waals surface area contributed by atoms with E-state index in [1.807, 2.05) is 13.1 Å². The van der Waals surface area contributed by atoms with Crippen LogP contribution in [0.5, 0.6) is 5.75 Å². The van der Waals surface area contributed by atoms with E-state index >= 15 is 0 Å². The molecule has 2 aromatic rings. The molecular weight excluding hydrogens is 398 g/mol. The van der Waals surface area contributed by atoms with Gasteiger partial charge >= 0.3 is 0 Å². The third kappa shape index (κ3) is 4.31. The number of hydrogen-bond donors (Lipinski definition) is 2. The molecule has 4 nitrogen and oxygen atoms in total. The highest BCUT2D eigenvalue weighted by atomic mass is 79.9. The molecule has 0 radical (unpaired) electrons. The van der Waals surface area contributed by atoms with Gasteiger partial charge < -0.3 is 15.0 Å². The van der Waals surface area contributed by atoms with E-state index in [1.54, 1.807) is 6.20 Å². The zero-order chi connectivity index (χ0) is 15.2. The Kier molecular flexibility index (Phi) is 6.26. The summed E-state index contributed by atoms with van der Waals surface area (Å²) < 4.78 is 7.52. The van der Waals surface area contributed by atoms with E-state index in [1.165, 1.54) is 5.56 Å². The highest BCUT2D eigenvalue weighted by molar-refractivity contribution is 9.11. The summed E-state index contributed by atoms with van der Waals surface area (Å²) in [5.41, 5.74) is 1.18. The van der Waals surface area contributed by atoms with Gasteiger partial charge in [0.05, 0.1) is 21.6 Å². The molecule has 0 saturated carbocycles. The number of imidazole rings is 1. The van der Waals surface area contributed by atoms with Crippen LogP contribution in [0.1, 0.15) is 37.7 Å². The maximum Gasteiger partial charge on any atom is 0.147 e. The summed E-state index contributed by atoms with van der Waals surface area (Å²) in [6.45, 7) is 5.53. The molecule has 2 rings (SSSR count). The van der Waals surface area contributed by atoms with Gasteiger partial charge in [-0.2, -0.15) is 0 Å². The Morgan fingerprint density at radius 1 is 1.29 bits per heavy atom. The number of nitrogens with one attached hydrogen (secondary N) is 2. The number of aromatic amines is 1. The Balaban J connectivity index is 2.06. The van der Waals surface area contributed by atoms with Crippen LogP contribution in [-0.2, 0) is 6.54 Å². The van der Waals surface area contributed by atoms with Gasteiger partial charge in [-0.05, 0) is 62.9 Å². The van der Waals surface area contributed by atoms with Crippen LogP contribution in [0.2, 0.25) is 0 Å². The maximum atomic E-state index is 5.60. The smallest absolute Gasteiger partial charge is 0.147 e. The van der Waals surface area contributed by atoms with E-state index < -0.39 is 0 Å². The zero-order valence-electron chi connectivity index (χ0n) is 12.1. The number of nitrogens with zero attached hydrogens (tertiary/aromatic N) is 1. The molecule has 1 unspecified atom stereocenters.